The number of hydrogen-bond acceptors (Lipinski definition) is 6. The van der Waals surface area contributed by atoms with E-state index in [2.05, 4.69) is 9.99 Å². The Kier molecular flexibility index (Phi) is 4.66. The van der Waals surface area contributed by atoms with E-state index in [1.54, 1.807) is 42.5 Å². The lowest BCUT2D eigenvalue weighted by atomic mass is 9.78. The van der Waals surface area contributed by atoms with Crippen LogP contribution in [0.25, 0.3) is 0 Å². The van der Waals surface area contributed by atoms with Crippen molar-refractivity contribution in [1.29, 1.82) is 0 Å². The van der Waals surface area contributed by atoms with Crippen LogP contribution in [0.5, 0.6) is 5.75 Å². The largest absolute Gasteiger partial charge is 0.497 e. The van der Waals surface area contributed by atoms with Gasteiger partial charge in [-0.1, -0.05) is 47.6 Å². The van der Waals surface area contributed by atoms with Crippen molar-refractivity contribution in [3.05, 3.63) is 75.8 Å². The minimum absolute atomic E-state index is 0.242. The zero-order valence-corrected chi connectivity index (χ0v) is 13.8. The number of carbonyl (C=O) groups is 1. The minimum Gasteiger partial charge on any atom is -0.497 e. The highest BCUT2D eigenvalue weighted by Gasteiger charge is 2.59. The van der Waals surface area contributed by atoms with Gasteiger partial charge in [-0.15, -0.1) is 0 Å². The van der Waals surface area contributed by atoms with Gasteiger partial charge < -0.3 is 9.57 Å². The molecule has 3 rings (SSSR count). The van der Waals surface area contributed by atoms with Crippen LogP contribution in [0.4, 0.5) is 4.39 Å². The fourth-order valence-electron chi connectivity index (χ4n) is 2.95. The van der Waals surface area contributed by atoms with Crippen molar-refractivity contribution in [1.82, 2.24) is 0 Å². The second kappa shape index (κ2) is 6.91. The van der Waals surface area contributed by atoms with Gasteiger partial charge in [-0.3, -0.25) is 10.1 Å². The molecule has 1 heterocycles. The molecule has 26 heavy (non-hydrogen) atoms. The summed E-state index contributed by atoms with van der Waals surface area (Å²) in [5.41, 5.74) is -2.51. The van der Waals surface area contributed by atoms with Crippen molar-refractivity contribution < 1.29 is 23.7 Å². The number of alkyl halides is 1. The second-order valence-electron chi connectivity index (χ2n) is 5.74. The van der Waals surface area contributed by atoms with Crippen LogP contribution in [-0.2, 0) is 9.63 Å². The zero-order chi connectivity index (χ0) is 18.7. The average Bonchev–Trinajstić information content (AvgIpc) is 2.96. The average molecular weight is 358 g/mol. The highest BCUT2D eigenvalue weighted by molar-refractivity contribution is 6.21. The number of nitro groups is 1. The highest BCUT2D eigenvalue weighted by Crippen LogP contribution is 2.40. The Labute approximate surface area is 148 Å². The van der Waals surface area contributed by atoms with E-state index < -0.39 is 29.0 Å². The van der Waals surface area contributed by atoms with E-state index in [1.165, 1.54) is 19.2 Å². The number of hydrogen-bond donors (Lipinski definition) is 0. The molecular formula is C18H15FN2O5. The van der Waals surface area contributed by atoms with Crippen LogP contribution < -0.4 is 4.74 Å². The molecule has 134 valence electrons. The molecule has 0 spiro atoms. The lowest BCUT2D eigenvalue weighted by molar-refractivity contribution is -0.485. The van der Waals surface area contributed by atoms with Crippen LogP contribution in [0.3, 0.4) is 0 Å². The van der Waals surface area contributed by atoms with E-state index in [4.69, 9.17) is 4.74 Å². The van der Waals surface area contributed by atoms with Crippen molar-refractivity contribution in [2.75, 3.05) is 13.7 Å². The molecule has 0 aliphatic carbocycles. The third kappa shape index (κ3) is 3.01. The number of rotatable bonds is 6. The molecule has 0 fully saturated rings. The molecular weight excluding hydrogens is 343 g/mol. The van der Waals surface area contributed by atoms with Gasteiger partial charge in [0, 0.05) is 10.5 Å². The molecule has 0 amide bonds. The molecule has 1 aliphatic heterocycles. The van der Waals surface area contributed by atoms with E-state index in [-0.39, 0.29) is 11.3 Å². The molecule has 0 radical (unpaired) electrons. The zero-order valence-electron chi connectivity index (χ0n) is 13.8. The summed E-state index contributed by atoms with van der Waals surface area (Å²) < 4.78 is 21.2. The van der Waals surface area contributed by atoms with Crippen LogP contribution in [0.1, 0.15) is 17.0 Å². The van der Waals surface area contributed by atoms with Crippen LogP contribution in [0.2, 0.25) is 0 Å². The summed E-state index contributed by atoms with van der Waals surface area (Å²) in [7, 11) is 1.42. The lowest BCUT2D eigenvalue weighted by Gasteiger charge is -2.25. The van der Waals surface area contributed by atoms with Crippen molar-refractivity contribution in [3.63, 3.8) is 0 Å². The summed E-state index contributed by atoms with van der Waals surface area (Å²) in [6.45, 7) is -0.815. The maximum absolute atomic E-state index is 16.1. The van der Waals surface area contributed by atoms with Gasteiger partial charge in [-0.25, -0.2) is 9.18 Å². The van der Waals surface area contributed by atoms with E-state index in [0.717, 1.165) is 0 Å². The van der Waals surface area contributed by atoms with Crippen LogP contribution in [-0.4, -0.2) is 35.9 Å². The highest BCUT2D eigenvalue weighted by atomic mass is 19.1. The number of methoxy groups -OCH3 is 1. The molecule has 2 aromatic rings. The summed E-state index contributed by atoms with van der Waals surface area (Å²) in [5.74, 6) is -2.31. The number of nitrogens with zero attached hydrogens (tertiary/aromatic N) is 2. The Morgan fingerprint density at radius 1 is 1.27 bits per heavy atom. The summed E-state index contributed by atoms with van der Waals surface area (Å²) >= 11 is 0. The van der Waals surface area contributed by atoms with E-state index in [0.29, 0.717) is 11.3 Å². The van der Waals surface area contributed by atoms with E-state index in [1.807, 2.05) is 0 Å². The van der Waals surface area contributed by atoms with E-state index in [9.17, 15) is 14.9 Å². The molecule has 8 heteroatoms. The molecule has 0 aromatic heterocycles. The van der Waals surface area contributed by atoms with Gasteiger partial charge in [0.15, 0.2) is 0 Å². The monoisotopic (exact) mass is 358 g/mol. The summed E-state index contributed by atoms with van der Waals surface area (Å²) in [6, 6.07) is 14.3. The Morgan fingerprint density at radius 3 is 2.65 bits per heavy atom. The van der Waals surface area contributed by atoms with Gasteiger partial charge in [-0.05, 0) is 17.7 Å². The van der Waals surface area contributed by atoms with Crippen molar-refractivity contribution in [3.8, 4) is 5.75 Å². The quantitative estimate of drug-likeness (QED) is 0.450. The third-order valence-electron chi connectivity index (χ3n) is 4.22. The van der Waals surface area contributed by atoms with Gasteiger partial charge in [0.25, 0.3) is 5.67 Å². The molecule has 7 nitrogen and oxygen atoms in total. The van der Waals surface area contributed by atoms with Gasteiger partial charge >= 0.3 is 5.97 Å². The third-order valence-corrected chi connectivity index (χ3v) is 4.22. The second-order valence-corrected chi connectivity index (χ2v) is 5.74. The van der Waals surface area contributed by atoms with Crippen molar-refractivity contribution >= 4 is 11.7 Å². The summed E-state index contributed by atoms with van der Waals surface area (Å²) in [5, 5.41) is 14.8. The number of ether oxygens (including phenoxy) is 1. The topological polar surface area (TPSA) is 91.0 Å². The molecule has 0 unspecified atom stereocenters. The standard InChI is InChI=1S/C18H15FN2O5/c1-25-14-9-5-8-13(10-14)15(11-21(23)24)18(19)16(20-26-17(18)22)12-6-3-2-4-7-12/h2-10,15H,11H2,1H3/t15-,18+/m1/s1. The first kappa shape index (κ1) is 17.5. The maximum atomic E-state index is 16.1. The van der Waals surface area contributed by atoms with Crippen molar-refractivity contribution in [2.45, 2.75) is 11.6 Å². The van der Waals surface area contributed by atoms with Gasteiger partial charge in [0.1, 0.15) is 17.4 Å². The van der Waals surface area contributed by atoms with Gasteiger partial charge in [0.2, 0.25) is 6.54 Å². The first-order valence-corrected chi connectivity index (χ1v) is 7.76. The van der Waals surface area contributed by atoms with Gasteiger partial charge in [0.05, 0.1) is 7.11 Å². The maximum Gasteiger partial charge on any atom is 0.379 e. The van der Waals surface area contributed by atoms with Crippen LogP contribution in [0, 0.1) is 10.1 Å². The molecule has 0 N–H and O–H groups in total. The molecule has 2 atom stereocenters. The van der Waals surface area contributed by atoms with E-state index >= 15 is 4.39 Å². The Morgan fingerprint density at radius 2 is 2.00 bits per heavy atom. The molecule has 1 aliphatic rings. The fraction of sp³-hybridized carbons (Fsp3) is 0.222. The van der Waals surface area contributed by atoms with Gasteiger partial charge in [-0.2, -0.15) is 0 Å². The minimum atomic E-state index is -2.79. The predicted molar refractivity (Wildman–Crippen MR) is 90.5 cm³/mol. The Hall–Kier alpha value is -3.29. The number of benzene rings is 2. The summed E-state index contributed by atoms with van der Waals surface area (Å²) in [6.07, 6.45) is 0. The van der Waals surface area contributed by atoms with Crippen LogP contribution >= 0.6 is 0 Å². The Bertz CT molecular complexity index is 871. The molecule has 0 saturated heterocycles. The number of halogens is 1. The number of carbonyl (C=O) groups excluding carboxylic acids is 1. The number of oxime groups is 1. The SMILES string of the molecule is COc1cccc([C@@H](C[N+](=O)[O-])[C@@]2(F)C(=O)ON=C2c2ccccc2)c1. The first-order valence-electron chi connectivity index (χ1n) is 7.76. The fourth-order valence-corrected chi connectivity index (χ4v) is 2.95. The molecule has 0 bridgehead atoms. The lowest BCUT2D eigenvalue weighted by Crippen LogP contribution is -2.47. The van der Waals surface area contributed by atoms with Crippen LogP contribution in [0.15, 0.2) is 59.8 Å². The predicted octanol–water partition coefficient (Wildman–Crippen LogP) is 2.72. The first-order chi connectivity index (χ1) is 12.5. The smallest absolute Gasteiger partial charge is 0.379 e. The van der Waals surface area contributed by atoms with Crippen molar-refractivity contribution in [2.24, 2.45) is 5.16 Å². The molecule has 0 saturated carbocycles. The normalized spacial score (nSPS) is 20.2. The summed E-state index contributed by atoms with van der Waals surface area (Å²) in [4.78, 5) is 27.4. The molecule has 2 aromatic carbocycles. The Balaban J connectivity index is 2.12.